The van der Waals surface area contributed by atoms with Crippen LogP contribution in [0.1, 0.15) is 29.5 Å². The molecule has 0 bridgehead atoms. The average molecular weight is 370 g/mol. The normalized spacial score (nSPS) is 15.3. The number of aromatic nitrogens is 2. The number of piperazine rings is 1. The van der Waals surface area contributed by atoms with E-state index in [4.69, 9.17) is 0 Å². The Morgan fingerprint density at radius 2 is 1.52 bits per heavy atom. The Hall–Kier alpha value is -2.34. The molecule has 6 nitrogen and oxygen atoms in total. The van der Waals surface area contributed by atoms with Crippen LogP contribution in [-0.4, -0.2) is 47.2 Å². The summed E-state index contributed by atoms with van der Waals surface area (Å²) in [5.74, 6) is 0. The van der Waals surface area contributed by atoms with E-state index in [9.17, 15) is 9.59 Å². The SMILES string of the molecule is Cc1cc(C)cc(N2CCN(CCCCn3cc(C)c(=O)[nH]c3=O)CC2)c1. The van der Waals surface area contributed by atoms with E-state index >= 15 is 0 Å². The first-order valence-corrected chi connectivity index (χ1v) is 9.78. The molecule has 1 aromatic carbocycles. The van der Waals surface area contributed by atoms with Gasteiger partial charge in [0.25, 0.3) is 5.56 Å². The van der Waals surface area contributed by atoms with Gasteiger partial charge in [-0.1, -0.05) is 6.07 Å². The van der Waals surface area contributed by atoms with Gasteiger partial charge in [0.2, 0.25) is 0 Å². The number of unbranched alkanes of at least 4 members (excludes halogenated alkanes) is 1. The molecule has 27 heavy (non-hydrogen) atoms. The topological polar surface area (TPSA) is 61.3 Å². The van der Waals surface area contributed by atoms with Gasteiger partial charge in [-0.05, 0) is 63.4 Å². The largest absolute Gasteiger partial charge is 0.369 e. The van der Waals surface area contributed by atoms with E-state index in [-0.39, 0.29) is 11.2 Å². The number of H-pyrrole nitrogens is 1. The van der Waals surface area contributed by atoms with Crippen LogP contribution in [-0.2, 0) is 6.54 Å². The first-order chi connectivity index (χ1) is 12.9. The van der Waals surface area contributed by atoms with Crippen LogP contribution in [0.25, 0.3) is 0 Å². The first-order valence-electron chi connectivity index (χ1n) is 9.78. The number of nitrogens with zero attached hydrogens (tertiary/aromatic N) is 3. The van der Waals surface area contributed by atoms with E-state index in [1.54, 1.807) is 17.7 Å². The smallest absolute Gasteiger partial charge is 0.328 e. The van der Waals surface area contributed by atoms with Crippen LogP contribution in [0.5, 0.6) is 0 Å². The van der Waals surface area contributed by atoms with E-state index in [1.165, 1.54) is 16.8 Å². The van der Waals surface area contributed by atoms with Crippen LogP contribution in [0.2, 0.25) is 0 Å². The van der Waals surface area contributed by atoms with Crippen LogP contribution < -0.4 is 16.1 Å². The zero-order valence-corrected chi connectivity index (χ0v) is 16.6. The third-order valence-electron chi connectivity index (χ3n) is 5.26. The Balaban J connectivity index is 1.43. The number of aryl methyl sites for hydroxylation is 4. The van der Waals surface area contributed by atoms with Gasteiger partial charge in [-0.2, -0.15) is 0 Å². The molecule has 1 fully saturated rings. The van der Waals surface area contributed by atoms with Gasteiger partial charge in [-0.3, -0.25) is 14.7 Å². The highest BCUT2D eigenvalue weighted by molar-refractivity contribution is 5.51. The molecule has 6 heteroatoms. The predicted molar refractivity (Wildman–Crippen MR) is 110 cm³/mol. The zero-order chi connectivity index (χ0) is 19.4. The summed E-state index contributed by atoms with van der Waals surface area (Å²) in [4.78, 5) is 30.5. The predicted octanol–water partition coefficient (Wildman–Crippen LogP) is 2.06. The molecular formula is C21H30N4O2. The zero-order valence-electron chi connectivity index (χ0n) is 16.6. The molecule has 2 heterocycles. The van der Waals surface area contributed by atoms with Crippen LogP contribution in [0.15, 0.2) is 34.0 Å². The van der Waals surface area contributed by atoms with Crippen molar-refractivity contribution in [3.05, 3.63) is 61.9 Å². The minimum atomic E-state index is -0.312. The molecule has 1 aliphatic heterocycles. The van der Waals surface area contributed by atoms with Crippen molar-refractivity contribution in [1.82, 2.24) is 14.5 Å². The van der Waals surface area contributed by atoms with Gasteiger partial charge >= 0.3 is 5.69 Å². The Bertz CT molecular complexity index is 872. The monoisotopic (exact) mass is 370 g/mol. The van der Waals surface area contributed by atoms with Gasteiger partial charge in [-0.25, -0.2) is 4.79 Å². The number of benzene rings is 1. The number of hydrogen-bond acceptors (Lipinski definition) is 4. The number of rotatable bonds is 6. The number of aromatic amines is 1. The molecule has 0 spiro atoms. The highest BCUT2D eigenvalue weighted by Gasteiger charge is 2.17. The quantitative estimate of drug-likeness (QED) is 0.791. The summed E-state index contributed by atoms with van der Waals surface area (Å²) in [6.07, 6.45) is 3.64. The second kappa shape index (κ2) is 8.57. The summed E-state index contributed by atoms with van der Waals surface area (Å²) in [5, 5.41) is 0. The lowest BCUT2D eigenvalue weighted by Gasteiger charge is -2.36. The van der Waals surface area contributed by atoms with E-state index < -0.39 is 0 Å². The second-order valence-corrected chi connectivity index (χ2v) is 7.65. The lowest BCUT2D eigenvalue weighted by Crippen LogP contribution is -2.46. The van der Waals surface area contributed by atoms with E-state index in [0.717, 1.165) is 45.6 Å². The average Bonchev–Trinajstić information content (AvgIpc) is 2.62. The first kappa shape index (κ1) is 19.4. The summed E-state index contributed by atoms with van der Waals surface area (Å²) in [6.45, 7) is 12.0. The fourth-order valence-electron chi connectivity index (χ4n) is 3.77. The van der Waals surface area contributed by atoms with Crippen LogP contribution in [0.3, 0.4) is 0 Å². The maximum absolute atomic E-state index is 11.8. The van der Waals surface area contributed by atoms with E-state index in [2.05, 4.69) is 46.8 Å². The third kappa shape index (κ3) is 5.10. The molecule has 1 saturated heterocycles. The highest BCUT2D eigenvalue weighted by Crippen LogP contribution is 2.20. The lowest BCUT2D eigenvalue weighted by molar-refractivity contribution is 0.251. The summed E-state index contributed by atoms with van der Waals surface area (Å²) in [7, 11) is 0. The Kier molecular flexibility index (Phi) is 6.16. The molecule has 0 saturated carbocycles. The van der Waals surface area contributed by atoms with Gasteiger partial charge in [0.15, 0.2) is 0 Å². The van der Waals surface area contributed by atoms with Crippen molar-refractivity contribution in [2.24, 2.45) is 0 Å². The molecular weight excluding hydrogens is 340 g/mol. The number of hydrogen-bond donors (Lipinski definition) is 1. The van der Waals surface area contributed by atoms with Gasteiger partial charge in [-0.15, -0.1) is 0 Å². The maximum Gasteiger partial charge on any atom is 0.328 e. The van der Waals surface area contributed by atoms with Crippen molar-refractivity contribution in [2.75, 3.05) is 37.6 Å². The Labute approximate surface area is 160 Å². The van der Waals surface area contributed by atoms with Crippen molar-refractivity contribution < 1.29 is 0 Å². The molecule has 3 rings (SSSR count). The van der Waals surface area contributed by atoms with E-state index in [1.807, 2.05) is 0 Å². The summed E-state index contributed by atoms with van der Waals surface area (Å²) in [5.41, 5.74) is 3.95. The summed E-state index contributed by atoms with van der Waals surface area (Å²) >= 11 is 0. The molecule has 2 aromatic rings. The standard InChI is InChI=1S/C21H30N4O2/c1-16-12-17(2)14-19(13-16)24-10-8-23(9-11-24)6-4-5-7-25-15-18(3)20(26)22-21(25)27/h12-15H,4-11H2,1-3H3,(H,22,26,27). The van der Waals surface area contributed by atoms with E-state index in [0.29, 0.717) is 12.1 Å². The number of nitrogens with one attached hydrogen (secondary N) is 1. The van der Waals surface area contributed by atoms with Crippen molar-refractivity contribution in [3.63, 3.8) is 0 Å². The Morgan fingerprint density at radius 3 is 2.19 bits per heavy atom. The molecule has 0 aliphatic carbocycles. The molecule has 0 radical (unpaired) electrons. The van der Waals surface area contributed by atoms with Crippen molar-refractivity contribution in [3.8, 4) is 0 Å². The van der Waals surface area contributed by atoms with Gasteiger partial charge < -0.3 is 9.47 Å². The van der Waals surface area contributed by atoms with Crippen molar-refractivity contribution in [2.45, 2.75) is 40.2 Å². The van der Waals surface area contributed by atoms with Crippen molar-refractivity contribution >= 4 is 5.69 Å². The van der Waals surface area contributed by atoms with Crippen LogP contribution in [0.4, 0.5) is 5.69 Å². The fourth-order valence-corrected chi connectivity index (χ4v) is 3.77. The maximum atomic E-state index is 11.8. The van der Waals surface area contributed by atoms with Crippen molar-refractivity contribution in [1.29, 1.82) is 0 Å². The molecule has 0 unspecified atom stereocenters. The highest BCUT2D eigenvalue weighted by atomic mass is 16.2. The minimum absolute atomic E-state index is 0.294. The molecule has 1 aromatic heterocycles. The Morgan fingerprint density at radius 1 is 0.889 bits per heavy atom. The third-order valence-corrected chi connectivity index (χ3v) is 5.26. The molecule has 146 valence electrons. The minimum Gasteiger partial charge on any atom is -0.369 e. The molecule has 0 amide bonds. The molecule has 1 N–H and O–H groups in total. The number of anilines is 1. The fraction of sp³-hybridized carbons (Fsp3) is 0.524. The van der Waals surface area contributed by atoms with Crippen LogP contribution >= 0.6 is 0 Å². The molecule has 1 aliphatic rings. The lowest BCUT2D eigenvalue weighted by atomic mass is 10.1. The van der Waals surface area contributed by atoms with Gasteiger partial charge in [0, 0.05) is 50.2 Å². The van der Waals surface area contributed by atoms with Gasteiger partial charge in [0.1, 0.15) is 0 Å². The second-order valence-electron chi connectivity index (χ2n) is 7.65. The summed E-state index contributed by atoms with van der Waals surface area (Å²) in [6, 6.07) is 6.76. The van der Waals surface area contributed by atoms with Gasteiger partial charge in [0.05, 0.1) is 0 Å². The summed E-state index contributed by atoms with van der Waals surface area (Å²) < 4.78 is 1.61. The van der Waals surface area contributed by atoms with Crippen LogP contribution in [0, 0.1) is 20.8 Å². The molecule has 0 atom stereocenters.